The SMILES string of the molecule is CCOc1cc(C)c(-c2nc3ccccc3c(=O)n2N=Cc2cn([C@@H](C)C(=O)OC)c3ccccc23)cc1C(C)C. The zero-order valence-corrected chi connectivity index (χ0v) is 24.2. The summed E-state index contributed by atoms with van der Waals surface area (Å²) in [5, 5.41) is 6.09. The summed E-state index contributed by atoms with van der Waals surface area (Å²) in [5.74, 6) is 1.12. The molecule has 2 aromatic heterocycles. The molecule has 0 spiro atoms. The minimum absolute atomic E-state index is 0.197. The normalized spacial score (nSPS) is 12.5. The van der Waals surface area contributed by atoms with Crippen molar-refractivity contribution in [1.82, 2.24) is 14.2 Å². The van der Waals surface area contributed by atoms with E-state index in [0.717, 1.165) is 38.9 Å². The van der Waals surface area contributed by atoms with E-state index in [1.165, 1.54) is 11.8 Å². The standard InChI is InChI=1S/C33H34N4O4/c1-7-41-30-16-21(4)27(17-26(30)20(2)3)31-35-28-14-10-8-13-25(28)32(38)37(31)34-18-23-19-36(22(5)33(39)40-6)29-15-11-9-12-24(23)29/h8-20,22H,7H2,1-6H3/t22-/m0/s1. The summed E-state index contributed by atoms with van der Waals surface area (Å²) in [6.45, 7) is 10.5. The van der Waals surface area contributed by atoms with Gasteiger partial charge in [0.1, 0.15) is 11.8 Å². The molecule has 0 saturated heterocycles. The van der Waals surface area contributed by atoms with Gasteiger partial charge in [-0.25, -0.2) is 9.78 Å². The number of hydrogen-bond acceptors (Lipinski definition) is 6. The second-order valence-corrected chi connectivity index (χ2v) is 10.3. The molecule has 3 aromatic carbocycles. The number of rotatable bonds is 8. The molecule has 0 unspecified atom stereocenters. The van der Waals surface area contributed by atoms with E-state index in [9.17, 15) is 9.59 Å². The molecule has 0 N–H and O–H groups in total. The van der Waals surface area contributed by atoms with E-state index in [-0.39, 0.29) is 17.4 Å². The Hall–Kier alpha value is -4.72. The molecule has 8 nitrogen and oxygen atoms in total. The molecule has 5 aromatic rings. The van der Waals surface area contributed by atoms with Gasteiger partial charge < -0.3 is 14.0 Å². The summed E-state index contributed by atoms with van der Waals surface area (Å²) in [6.07, 6.45) is 3.51. The van der Waals surface area contributed by atoms with E-state index in [4.69, 9.17) is 19.6 Å². The lowest BCUT2D eigenvalue weighted by molar-refractivity contribution is -0.143. The largest absolute Gasteiger partial charge is 0.494 e. The molecule has 210 valence electrons. The topological polar surface area (TPSA) is 87.7 Å². The second-order valence-electron chi connectivity index (χ2n) is 10.3. The number of aromatic nitrogens is 3. The zero-order chi connectivity index (χ0) is 29.3. The van der Waals surface area contributed by atoms with Crippen molar-refractivity contribution < 1.29 is 14.3 Å². The van der Waals surface area contributed by atoms with Gasteiger partial charge in [-0.3, -0.25) is 4.79 Å². The van der Waals surface area contributed by atoms with Crippen LogP contribution in [0.2, 0.25) is 0 Å². The first-order valence-electron chi connectivity index (χ1n) is 13.8. The molecule has 0 fully saturated rings. The van der Waals surface area contributed by atoms with Gasteiger partial charge in [0.2, 0.25) is 0 Å². The predicted molar refractivity (Wildman–Crippen MR) is 163 cm³/mol. The Bertz CT molecular complexity index is 1850. The predicted octanol–water partition coefficient (Wildman–Crippen LogP) is 6.46. The van der Waals surface area contributed by atoms with Crippen LogP contribution in [0.5, 0.6) is 5.75 Å². The van der Waals surface area contributed by atoms with Crippen molar-refractivity contribution in [3.63, 3.8) is 0 Å². The van der Waals surface area contributed by atoms with Gasteiger partial charge in [-0.1, -0.05) is 44.2 Å². The van der Waals surface area contributed by atoms with Crippen LogP contribution in [0.3, 0.4) is 0 Å². The van der Waals surface area contributed by atoms with Crippen molar-refractivity contribution >= 4 is 34.0 Å². The first kappa shape index (κ1) is 27.8. The van der Waals surface area contributed by atoms with Crippen LogP contribution < -0.4 is 10.3 Å². The highest BCUT2D eigenvalue weighted by Gasteiger charge is 2.20. The van der Waals surface area contributed by atoms with Crippen LogP contribution in [0, 0.1) is 6.92 Å². The molecule has 2 heterocycles. The summed E-state index contributed by atoms with van der Waals surface area (Å²) >= 11 is 0. The summed E-state index contributed by atoms with van der Waals surface area (Å²) in [6, 6.07) is 18.6. The number of carbonyl (C=O) groups is 1. The lowest BCUT2D eigenvalue weighted by Crippen LogP contribution is -2.21. The van der Waals surface area contributed by atoms with Crippen molar-refractivity contribution in [2.45, 2.75) is 46.6 Å². The number of fused-ring (bicyclic) bond motifs is 2. The third-order valence-corrected chi connectivity index (χ3v) is 7.32. The third-order valence-electron chi connectivity index (χ3n) is 7.32. The quantitative estimate of drug-likeness (QED) is 0.163. The summed E-state index contributed by atoms with van der Waals surface area (Å²) < 4.78 is 14.1. The molecule has 0 radical (unpaired) electrons. The fourth-order valence-corrected chi connectivity index (χ4v) is 5.14. The number of aryl methyl sites for hydroxylation is 1. The van der Waals surface area contributed by atoms with Gasteiger partial charge in [-0.2, -0.15) is 9.78 Å². The van der Waals surface area contributed by atoms with Crippen molar-refractivity contribution in [3.8, 4) is 17.1 Å². The smallest absolute Gasteiger partial charge is 0.328 e. The molecule has 0 saturated carbocycles. The molecule has 8 heteroatoms. The number of methoxy groups -OCH3 is 1. The van der Waals surface area contributed by atoms with Crippen molar-refractivity contribution in [3.05, 3.63) is 93.9 Å². The van der Waals surface area contributed by atoms with Crippen molar-refractivity contribution in [2.75, 3.05) is 13.7 Å². The highest BCUT2D eigenvalue weighted by molar-refractivity contribution is 6.00. The van der Waals surface area contributed by atoms with Crippen molar-refractivity contribution in [1.29, 1.82) is 0 Å². The zero-order valence-electron chi connectivity index (χ0n) is 24.2. The number of carbonyl (C=O) groups excluding carboxylic acids is 1. The number of hydrogen-bond donors (Lipinski definition) is 0. The number of para-hydroxylation sites is 2. The molecular weight excluding hydrogens is 516 g/mol. The van der Waals surface area contributed by atoms with Gasteiger partial charge in [0.25, 0.3) is 5.56 Å². The second kappa shape index (κ2) is 11.4. The highest BCUT2D eigenvalue weighted by Crippen LogP contribution is 2.34. The Morgan fingerprint density at radius 3 is 2.46 bits per heavy atom. The fourth-order valence-electron chi connectivity index (χ4n) is 5.14. The van der Waals surface area contributed by atoms with Crippen LogP contribution in [0.1, 0.15) is 56.3 Å². The Morgan fingerprint density at radius 2 is 1.76 bits per heavy atom. The van der Waals surface area contributed by atoms with Crippen LogP contribution in [-0.4, -0.2) is 40.1 Å². The molecule has 41 heavy (non-hydrogen) atoms. The maximum atomic E-state index is 13.9. The van der Waals surface area contributed by atoms with E-state index in [0.29, 0.717) is 23.3 Å². The van der Waals surface area contributed by atoms with Gasteiger partial charge in [0.05, 0.1) is 30.8 Å². The summed E-state index contributed by atoms with van der Waals surface area (Å²) in [7, 11) is 1.38. The van der Waals surface area contributed by atoms with Crippen LogP contribution in [0.4, 0.5) is 0 Å². The highest BCUT2D eigenvalue weighted by atomic mass is 16.5. The molecule has 0 bridgehead atoms. The molecule has 0 aliphatic rings. The minimum atomic E-state index is -0.534. The van der Waals surface area contributed by atoms with Crippen LogP contribution in [-0.2, 0) is 9.53 Å². The number of ether oxygens (including phenoxy) is 2. The van der Waals surface area contributed by atoms with Gasteiger partial charge in [-0.15, -0.1) is 0 Å². The van der Waals surface area contributed by atoms with E-state index in [1.807, 2.05) is 73.1 Å². The van der Waals surface area contributed by atoms with E-state index >= 15 is 0 Å². The van der Waals surface area contributed by atoms with Gasteiger partial charge in [-0.05, 0) is 68.1 Å². The first-order valence-corrected chi connectivity index (χ1v) is 13.8. The number of nitrogens with zero attached hydrogens (tertiary/aromatic N) is 4. The molecule has 5 rings (SSSR count). The van der Waals surface area contributed by atoms with Gasteiger partial charge in [0, 0.05) is 28.2 Å². The van der Waals surface area contributed by atoms with E-state index < -0.39 is 6.04 Å². The Balaban J connectivity index is 1.73. The van der Waals surface area contributed by atoms with Crippen LogP contribution in [0.25, 0.3) is 33.2 Å². The average Bonchev–Trinajstić information content (AvgIpc) is 3.34. The van der Waals surface area contributed by atoms with E-state index in [2.05, 4.69) is 19.9 Å². The maximum absolute atomic E-state index is 13.9. The summed E-state index contributed by atoms with van der Waals surface area (Å²) in [4.78, 5) is 31.1. The third kappa shape index (κ3) is 5.13. The Morgan fingerprint density at radius 1 is 1.05 bits per heavy atom. The summed E-state index contributed by atoms with van der Waals surface area (Å²) in [5.41, 5.74) is 4.71. The van der Waals surface area contributed by atoms with Gasteiger partial charge >= 0.3 is 5.97 Å². The molecule has 0 aliphatic heterocycles. The monoisotopic (exact) mass is 550 g/mol. The number of benzene rings is 3. The molecule has 1 atom stereocenters. The maximum Gasteiger partial charge on any atom is 0.328 e. The van der Waals surface area contributed by atoms with E-state index in [1.54, 1.807) is 19.2 Å². The van der Waals surface area contributed by atoms with Crippen molar-refractivity contribution in [2.24, 2.45) is 5.10 Å². The fraction of sp³-hybridized carbons (Fsp3) is 0.273. The molecule has 0 aliphatic carbocycles. The minimum Gasteiger partial charge on any atom is -0.494 e. The molecular formula is C33H34N4O4. The van der Waals surface area contributed by atoms with Crippen LogP contribution >= 0.6 is 0 Å². The first-order chi connectivity index (χ1) is 19.7. The Kier molecular flexibility index (Phi) is 7.75. The number of esters is 1. The average molecular weight is 551 g/mol. The lowest BCUT2D eigenvalue weighted by atomic mass is 9.96. The molecule has 0 amide bonds. The van der Waals surface area contributed by atoms with Gasteiger partial charge in [0.15, 0.2) is 5.82 Å². The van der Waals surface area contributed by atoms with Crippen LogP contribution in [0.15, 0.2) is 76.8 Å². The lowest BCUT2D eigenvalue weighted by Gasteiger charge is -2.18. The Labute approximate surface area is 238 Å².